The number of halogens is 1. The van der Waals surface area contributed by atoms with Gasteiger partial charge in [0.05, 0.1) is 12.4 Å². The van der Waals surface area contributed by atoms with Crippen LogP contribution in [0.2, 0.25) is 5.02 Å². The summed E-state index contributed by atoms with van der Waals surface area (Å²) in [7, 11) is 0. The van der Waals surface area contributed by atoms with Crippen LogP contribution in [0.3, 0.4) is 0 Å². The second kappa shape index (κ2) is 5.35. The average molecular weight is 279 g/mol. The topological polar surface area (TPSA) is 38.0 Å². The Morgan fingerprint density at radius 2 is 1.84 bits per heavy atom. The Balaban J connectivity index is 2.36. The summed E-state index contributed by atoms with van der Waals surface area (Å²) in [5.41, 5.74) is 0.762. The van der Waals surface area contributed by atoms with Gasteiger partial charge in [0, 0.05) is 17.4 Å². The molecule has 0 aliphatic carbocycles. The minimum atomic E-state index is -0.605. The molecule has 1 heterocycles. The molecule has 0 amide bonds. The highest BCUT2D eigenvalue weighted by Gasteiger charge is 2.33. The van der Waals surface area contributed by atoms with E-state index in [-0.39, 0.29) is 11.5 Å². The SMILES string of the molecule is CC(C)(C)C(C(O)c1ccc(Cl)cc1)n1ccnc1. The van der Waals surface area contributed by atoms with E-state index in [0.29, 0.717) is 5.02 Å². The van der Waals surface area contributed by atoms with E-state index in [0.717, 1.165) is 5.56 Å². The van der Waals surface area contributed by atoms with Crippen molar-refractivity contribution in [2.75, 3.05) is 0 Å². The lowest BCUT2D eigenvalue weighted by Crippen LogP contribution is -2.29. The van der Waals surface area contributed by atoms with Gasteiger partial charge in [0.15, 0.2) is 0 Å². The maximum atomic E-state index is 10.7. The lowest BCUT2D eigenvalue weighted by atomic mass is 9.81. The van der Waals surface area contributed by atoms with E-state index in [9.17, 15) is 5.11 Å². The highest BCUT2D eigenvalue weighted by atomic mass is 35.5. The van der Waals surface area contributed by atoms with Crippen molar-refractivity contribution in [2.24, 2.45) is 5.41 Å². The Labute approximate surface area is 118 Å². The largest absolute Gasteiger partial charge is 0.386 e. The van der Waals surface area contributed by atoms with Gasteiger partial charge in [-0.1, -0.05) is 44.5 Å². The first-order valence-electron chi connectivity index (χ1n) is 6.30. The molecular formula is C15H19ClN2O. The van der Waals surface area contributed by atoms with Crippen molar-refractivity contribution in [1.82, 2.24) is 9.55 Å². The minimum Gasteiger partial charge on any atom is -0.386 e. The molecule has 2 rings (SSSR count). The molecule has 1 aromatic carbocycles. The minimum absolute atomic E-state index is 0.0869. The summed E-state index contributed by atoms with van der Waals surface area (Å²) in [6.45, 7) is 6.32. The number of hydrogen-bond acceptors (Lipinski definition) is 2. The molecule has 0 radical (unpaired) electrons. The fraction of sp³-hybridized carbons (Fsp3) is 0.400. The third-order valence-corrected chi connectivity index (χ3v) is 3.50. The van der Waals surface area contributed by atoms with Gasteiger partial charge in [-0.3, -0.25) is 0 Å². The van der Waals surface area contributed by atoms with Gasteiger partial charge in [0.2, 0.25) is 0 Å². The summed E-state index contributed by atoms with van der Waals surface area (Å²) in [4.78, 5) is 4.08. The van der Waals surface area contributed by atoms with Crippen molar-refractivity contribution < 1.29 is 5.11 Å². The second-order valence-corrected chi connectivity index (χ2v) is 6.25. The molecule has 102 valence electrons. The first-order valence-corrected chi connectivity index (χ1v) is 6.68. The van der Waals surface area contributed by atoms with Crippen LogP contribution in [0.5, 0.6) is 0 Å². The fourth-order valence-electron chi connectivity index (χ4n) is 2.36. The van der Waals surface area contributed by atoms with E-state index in [1.165, 1.54) is 0 Å². The van der Waals surface area contributed by atoms with Gasteiger partial charge in [-0.15, -0.1) is 0 Å². The Kier molecular flexibility index (Phi) is 3.97. The van der Waals surface area contributed by atoms with E-state index >= 15 is 0 Å². The van der Waals surface area contributed by atoms with Crippen LogP contribution < -0.4 is 0 Å². The number of aliphatic hydroxyl groups excluding tert-OH is 1. The summed E-state index contributed by atoms with van der Waals surface area (Å²) < 4.78 is 1.96. The number of imidazole rings is 1. The molecule has 0 spiro atoms. The maximum absolute atomic E-state index is 10.7. The quantitative estimate of drug-likeness (QED) is 0.926. The number of aromatic nitrogens is 2. The van der Waals surface area contributed by atoms with Gasteiger partial charge < -0.3 is 9.67 Å². The molecule has 2 aromatic rings. The van der Waals surface area contributed by atoms with Gasteiger partial charge >= 0.3 is 0 Å². The van der Waals surface area contributed by atoms with E-state index in [1.54, 1.807) is 24.7 Å². The molecule has 0 saturated carbocycles. The Morgan fingerprint density at radius 3 is 2.32 bits per heavy atom. The summed E-state index contributed by atoms with van der Waals surface area (Å²) >= 11 is 5.89. The van der Waals surface area contributed by atoms with E-state index in [1.807, 2.05) is 22.9 Å². The lowest BCUT2D eigenvalue weighted by Gasteiger charge is -2.35. The van der Waals surface area contributed by atoms with Crippen LogP contribution in [0.15, 0.2) is 43.0 Å². The van der Waals surface area contributed by atoms with Gasteiger partial charge in [-0.2, -0.15) is 0 Å². The van der Waals surface area contributed by atoms with Crippen molar-refractivity contribution in [1.29, 1.82) is 0 Å². The van der Waals surface area contributed by atoms with Crippen LogP contribution in [0.25, 0.3) is 0 Å². The van der Waals surface area contributed by atoms with Gasteiger partial charge in [-0.25, -0.2) is 4.98 Å². The predicted molar refractivity (Wildman–Crippen MR) is 77.1 cm³/mol. The second-order valence-electron chi connectivity index (χ2n) is 5.82. The molecule has 1 N–H and O–H groups in total. The van der Waals surface area contributed by atoms with Crippen molar-refractivity contribution in [3.8, 4) is 0 Å². The molecule has 0 bridgehead atoms. The summed E-state index contributed by atoms with van der Waals surface area (Å²) in [6.07, 6.45) is 4.75. The van der Waals surface area contributed by atoms with Crippen LogP contribution in [0, 0.1) is 5.41 Å². The molecular weight excluding hydrogens is 260 g/mol. The predicted octanol–water partition coefficient (Wildman–Crippen LogP) is 3.86. The molecule has 0 fully saturated rings. The van der Waals surface area contributed by atoms with E-state index in [4.69, 9.17) is 11.6 Å². The van der Waals surface area contributed by atoms with Crippen molar-refractivity contribution in [2.45, 2.75) is 32.9 Å². The molecule has 0 aliphatic heterocycles. The standard InChI is InChI=1S/C15H19ClN2O/c1-15(2,3)14(18-9-8-17-10-18)13(19)11-4-6-12(16)7-5-11/h4-10,13-14,19H,1-3H3. The molecule has 2 atom stereocenters. The van der Waals surface area contributed by atoms with Crippen LogP contribution >= 0.6 is 11.6 Å². The maximum Gasteiger partial charge on any atom is 0.100 e. The van der Waals surface area contributed by atoms with Crippen molar-refractivity contribution >= 4 is 11.6 Å². The zero-order valence-corrected chi connectivity index (χ0v) is 12.2. The number of nitrogens with zero attached hydrogens (tertiary/aromatic N) is 2. The molecule has 0 saturated heterocycles. The van der Waals surface area contributed by atoms with Gasteiger partial charge in [-0.05, 0) is 23.1 Å². The number of rotatable bonds is 3. The number of hydrogen-bond donors (Lipinski definition) is 1. The molecule has 4 heteroatoms. The number of aliphatic hydroxyl groups is 1. The van der Waals surface area contributed by atoms with E-state index in [2.05, 4.69) is 25.8 Å². The van der Waals surface area contributed by atoms with Crippen LogP contribution in [0.4, 0.5) is 0 Å². The molecule has 19 heavy (non-hydrogen) atoms. The van der Waals surface area contributed by atoms with Gasteiger partial charge in [0.25, 0.3) is 0 Å². The van der Waals surface area contributed by atoms with Crippen LogP contribution in [0.1, 0.15) is 38.5 Å². The average Bonchev–Trinajstić information content (AvgIpc) is 2.81. The van der Waals surface area contributed by atoms with Crippen LogP contribution in [-0.2, 0) is 0 Å². The Hall–Kier alpha value is -1.32. The zero-order valence-electron chi connectivity index (χ0n) is 11.4. The monoisotopic (exact) mass is 278 g/mol. The molecule has 2 unspecified atom stereocenters. The lowest BCUT2D eigenvalue weighted by molar-refractivity contribution is 0.0494. The molecule has 3 nitrogen and oxygen atoms in total. The van der Waals surface area contributed by atoms with Gasteiger partial charge in [0.1, 0.15) is 6.10 Å². The first-order chi connectivity index (χ1) is 8.89. The Morgan fingerprint density at radius 1 is 1.21 bits per heavy atom. The highest BCUT2D eigenvalue weighted by molar-refractivity contribution is 6.30. The highest BCUT2D eigenvalue weighted by Crippen LogP contribution is 2.40. The van der Waals surface area contributed by atoms with Crippen molar-refractivity contribution in [3.05, 3.63) is 53.6 Å². The summed E-state index contributed by atoms with van der Waals surface area (Å²) in [5.74, 6) is 0. The summed E-state index contributed by atoms with van der Waals surface area (Å²) in [6, 6.07) is 7.24. The first kappa shape index (κ1) is 14.1. The number of benzene rings is 1. The van der Waals surface area contributed by atoms with Crippen molar-refractivity contribution in [3.63, 3.8) is 0 Å². The normalized spacial score (nSPS) is 15.2. The summed E-state index contributed by atoms with van der Waals surface area (Å²) in [5, 5.41) is 11.4. The molecule has 1 aromatic heterocycles. The van der Waals surface area contributed by atoms with E-state index < -0.39 is 6.10 Å². The van der Waals surface area contributed by atoms with Crippen LogP contribution in [-0.4, -0.2) is 14.7 Å². The smallest absolute Gasteiger partial charge is 0.100 e. The fourth-order valence-corrected chi connectivity index (χ4v) is 2.49. The molecule has 0 aliphatic rings. The third kappa shape index (κ3) is 3.17. The Bertz CT molecular complexity index is 514. The third-order valence-electron chi connectivity index (χ3n) is 3.24. The zero-order chi connectivity index (χ0) is 14.0.